The molecular formula is C25H29ClN4O3. The van der Waals surface area contributed by atoms with Crippen molar-refractivity contribution in [1.29, 1.82) is 0 Å². The average Bonchev–Trinajstić information content (AvgIpc) is 3.20. The number of aromatic nitrogens is 2. The first kappa shape index (κ1) is 24.5. The summed E-state index contributed by atoms with van der Waals surface area (Å²) in [5.41, 5.74) is 3.55. The molecule has 2 aromatic carbocycles. The highest BCUT2D eigenvalue weighted by Gasteiger charge is 2.21. The van der Waals surface area contributed by atoms with E-state index in [4.69, 9.17) is 16.3 Å². The molecule has 1 N–H and O–H groups in total. The Bertz CT molecular complexity index is 1090. The summed E-state index contributed by atoms with van der Waals surface area (Å²) in [5.74, 6) is -0.286. The van der Waals surface area contributed by atoms with Crippen LogP contribution in [0.5, 0.6) is 0 Å². The minimum absolute atomic E-state index is 0.0859. The Balaban J connectivity index is 1.89. The zero-order chi connectivity index (χ0) is 24.0. The van der Waals surface area contributed by atoms with Gasteiger partial charge in [-0.25, -0.2) is 4.98 Å². The SMILES string of the molecule is COCCN(CC(=O)Nc1nc(-c2ccc(Cl)cc2)cn1-c1ccc(C)cc1)C(=O)C(C)C. The Labute approximate surface area is 199 Å². The van der Waals surface area contributed by atoms with Crippen molar-refractivity contribution >= 4 is 29.4 Å². The van der Waals surface area contributed by atoms with Gasteiger partial charge in [0.2, 0.25) is 17.8 Å². The molecule has 0 atom stereocenters. The predicted molar refractivity (Wildman–Crippen MR) is 131 cm³/mol. The van der Waals surface area contributed by atoms with Gasteiger partial charge >= 0.3 is 0 Å². The number of halogens is 1. The molecule has 1 heterocycles. The Morgan fingerprint density at radius 2 is 1.79 bits per heavy atom. The van der Waals surface area contributed by atoms with Crippen molar-refractivity contribution in [2.24, 2.45) is 5.92 Å². The lowest BCUT2D eigenvalue weighted by atomic mass is 10.2. The maximum Gasteiger partial charge on any atom is 0.246 e. The first-order chi connectivity index (χ1) is 15.8. The number of carbonyl (C=O) groups excluding carboxylic acids is 2. The number of hydrogen-bond donors (Lipinski definition) is 1. The van der Waals surface area contributed by atoms with Gasteiger partial charge in [0.25, 0.3) is 0 Å². The lowest BCUT2D eigenvalue weighted by molar-refractivity contribution is -0.138. The molecule has 3 rings (SSSR count). The molecule has 0 fully saturated rings. The zero-order valence-electron chi connectivity index (χ0n) is 19.3. The van der Waals surface area contributed by atoms with E-state index in [9.17, 15) is 9.59 Å². The van der Waals surface area contributed by atoms with Gasteiger partial charge in [-0.2, -0.15) is 0 Å². The Morgan fingerprint density at radius 3 is 2.39 bits per heavy atom. The molecule has 0 unspecified atom stereocenters. The molecule has 0 aliphatic heterocycles. The second-order valence-electron chi connectivity index (χ2n) is 8.12. The van der Waals surface area contributed by atoms with Gasteiger partial charge in [-0.3, -0.25) is 19.5 Å². The second kappa shape index (κ2) is 11.1. The molecular weight excluding hydrogens is 440 g/mol. The van der Waals surface area contributed by atoms with Crippen molar-refractivity contribution in [3.63, 3.8) is 0 Å². The number of nitrogens with zero attached hydrogens (tertiary/aromatic N) is 3. The van der Waals surface area contributed by atoms with Crippen molar-refractivity contribution in [3.05, 3.63) is 65.3 Å². The van der Waals surface area contributed by atoms with E-state index in [2.05, 4.69) is 10.3 Å². The van der Waals surface area contributed by atoms with E-state index in [1.54, 1.807) is 19.2 Å². The summed E-state index contributed by atoms with van der Waals surface area (Å²) in [6.45, 7) is 6.23. The topological polar surface area (TPSA) is 76.5 Å². The molecule has 0 aliphatic carbocycles. The molecule has 0 spiro atoms. The van der Waals surface area contributed by atoms with Crippen LogP contribution in [0.2, 0.25) is 5.02 Å². The fourth-order valence-electron chi connectivity index (χ4n) is 3.30. The van der Waals surface area contributed by atoms with Crippen LogP contribution in [0.1, 0.15) is 19.4 Å². The Hall–Kier alpha value is -3.16. The third kappa shape index (κ3) is 6.43. The van der Waals surface area contributed by atoms with Gasteiger partial charge in [-0.1, -0.05) is 55.3 Å². The van der Waals surface area contributed by atoms with Crippen LogP contribution in [0.3, 0.4) is 0 Å². The maximum atomic E-state index is 12.9. The normalized spacial score (nSPS) is 11.0. The third-order valence-electron chi connectivity index (χ3n) is 5.11. The highest BCUT2D eigenvalue weighted by atomic mass is 35.5. The largest absolute Gasteiger partial charge is 0.383 e. The molecule has 0 saturated heterocycles. The van der Waals surface area contributed by atoms with Crippen LogP contribution in [0, 0.1) is 12.8 Å². The van der Waals surface area contributed by atoms with Crippen LogP contribution < -0.4 is 5.32 Å². The standard InChI is InChI=1S/C25H29ClN4O3/c1-17(2)24(32)29(13-14-33-4)16-23(31)28-25-27-22(19-7-9-20(26)10-8-19)15-30(25)21-11-5-18(3)6-12-21/h5-12,15,17H,13-14,16H2,1-4H3,(H,27,28,31). The molecule has 0 bridgehead atoms. The average molecular weight is 469 g/mol. The number of amides is 2. The van der Waals surface area contributed by atoms with Crippen LogP contribution in [-0.4, -0.2) is 53.1 Å². The van der Waals surface area contributed by atoms with Gasteiger partial charge in [0.05, 0.1) is 12.3 Å². The number of methoxy groups -OCH3 is 1. The number of anilines is 1. The number of ether oxygens (including phenoxy) is 1. The highest BCUT2D eigenvalue weighted by molar-refractivity contribution is 6.30. The van der Waals surface area contributed by atoms with Crippen molar-refractivity contribution in [1.82, 2.24) is 14.5 Å². The van der Waals surface area contributed by atoms with Crippen LogP contribution in [-0.2, 0) is 14.3 Å². The fourth-order valence-corrected chi connectivity index (χ4v) is 3.43. The summed E-state index contributed by atoms with van der Waals surface area (Å²) in [6.07, 6.45) is 1.87. The monoisotopic (exact) mass is 468 g/mol. The lowest BCUT2D eigenvalue weighted by Crippen LogP contribution is -2.42. The first-order valence-corrected chi connectivity index (χ1v) is 11.2. The molecule has 7 nitrogen and oxygen atoms in total. The van der Waals surface area contributed by atoms with Crippen LogP contribution in [0.15, 0.2) is 54.7 Å². The van der Waals surface area contributed by atoms with E-state index in [0.717, 1.165) is 16.8 Å². The number of carbonyl (C=O) groups is 2. The lowest BCUT2D eigenvalue weighted by Gasteiger charge is -2.23. The Kier molecular flexibility index (Phi) is 8.25. The molecule has 3 aromatic rings. The second-order valence-corrected chi connectivity index (χ2v) is 8.55. The number of aryl methyl sites for hydroxylation is 1. The smallest absolute Gasteiger partial charge is 0.246 e. The van der Waals surface area contributed by atoms with Crippen LogP contribution in [0.4, 0.5) is 5.95 Å². The third-order valence-corrected chi connectivity index (χ3v) is 5.37. The minimum Gasteiger partial charge on any atom is -0.383 e. The predicted octanol–water partition coefficient (Wildman–Crippen LogP) is 4.57. The summed E-state index contributed by atoms with van der Waals surface area (Å²) in [4.78, 5) is 31.6. The Morgan fingerprint density at radius 1 is 1.12 bits per heavy atom. The molecule has 1 aromatic heterocycles. The molecule has 0 saturated carbocycles. The van der Waals surface area contributed by atoms with Gasteiger partial charge in [0.1, 0.15) is 6.54 Å². The number of imidazole rings is 1. The number of benzene rings is 2. The summed E-state index contributed by atoms with van der Waals surface area (Å²) < 4.78 is 6.92. The molecule has 2 amide bonds. The van der Waals surface area contributed by atoms with Crippen molar-refractivity contribution in [2.45, 2.75) is 20.8 Å². The molecule has 0 radical (unpaired) electrons. The fraction of sp³-hybridized carbons (Fsp3) is 0.320. The van der Waals surface area contributed by atoms with Crippen LogP contribution >= 0.6 is 11.6 Å². The van der Waals surface area contributed by atoms with Crippen molar-refractivity contribution < 1.29 is 14.3 Å². The van der Waals surface area contributed by atoms with Gasteiger partial charge < -0.3 is 9.64 Å². The highest BCUT2D eigenvalue weighted by Crippen LogP contribution is 2.25. The van der Waals surface area contributed by atoms with Gasteiger partial charge in [-0.15, -0.1) is 0 Å². The van der Waals surface area contributed by atoms with E-state index in [1.807, 2.05) is 67.9 Å². The van der Waals surface area contributed by atoms with Gasteiger partial charge in [0.15, 0.2) is 0 Å². The summed E-state index contributed by atoms with van der Waals surface area (Å²) in [6, 6.07) is 15.3. The molecule has 33 heavy (non-hydrogen) atoms. The van der Waals surface area contributed by atoms with Crippen LogP contribution in [0.25, 0.3) is 16.9 Å². The van der Waals surface area contributed by atoms with Crippen molar-refractivity contribution in [3.8, 4) is 16.9 Å². The quantitative estimate of drug-likeness (QED) is 0.499. The summed E-state index contributed by atoms with van der Waals surface area (Å²) in [5, 5.41) is 3.51. The summed E-state index contributed by atoms with van der Waals surface area (Å²) in [7, 11) is 1.56. The zero-order valence-corrected chi connectivity index (χ0v) is 20.1. The number of rotatable bonds is 9. The van der Waals surface area contributed by atoms with Crippen molar-refractivity contribution in [2.75, 3.05) is 32.1 Å². The van der Waals surface area contributed by atoms with E-state index < -0.39 is 0 Å². The van der Waals surface area contributed by atoms with Gasteiger partial charge in [0, 0.05) is 42.0 Å². The number of hydrogen-bond acceptors (Lipinski definition) is 4. The summed E-state index contributed by atoms with van der Waals surface area (Å²) >= 11 is 6.02. The maximum absolute atomic E-state index is 12.9. The van der Waals surface area contributed by atoms with E-state index >= 15 is 0 Å². The minimum atomic E-state index is -0.332. The van der Waals surface area contributed by atoms with E-state index in [0.29, 0.717) is 29.8 Å². The van der Waals surface area contributed by atoms with Gasteiger partial charge in [-0.05, 0) is 31.2 Å². The molecule has 8 heteroatoms. The van der Waals surface area contributed by atoms with E-state index in [1.165, 1.54) is 4.90 Å². The van der Waals surface area contributed by atoms with E-state index in [-0.39, 0.29) is 24.3 Å². The molecule has 174 valence electrons. The number of nitrogens with one attached hydrogen (secondary N) is 1. The first-order valence-electron chi connectivity index (χ1n) is 10.8. The molecule has 0 aliphatic rings.